The van der Waals surface area contributed by atoms with Gasteiger partial charge in [-0.05, 0) is 49.0 Å². The third kappa shape index (κ3) is 4.67. The Labute approximate surface area is 178 Å². The van der Waals surface area contributed by atoms with Crippen LogP contribution in [0.2, 0.25) is 0 Å². The summed E-state index contributed by atoms with van der Waals surface area (Å²) in [6.07, 6.45) is 7.67. The van der Waals surface area contributed by atoms with Gasteiger partial charge >= 0.3 is 0 Å². The molecule has 0 aliphatic carbocycles. The number of aromatic nitrogens is 1. The molecule has 3 aromatic rings. The van der Waals surface area contributed by atoms with Gasteiger partial charge in [0.25, 0.3) is 0 Å². The van der Waals surface area contributed by atoms with E-state index in [9.17, 15) is 8.42 Å². The Morgan fingerprint density at radius 1 is 1.07 bits per heavy atom. The van der Waals surface area contributed by atoms with E-state index in [1.807, 2.05) is 60.8 Å². The number of fused-ring (bicyclic) bond motifs is 1. The van der Waals surface area contributed by atoms with E-state index in [1.54, 1.807) is 6.08 Å². The van der Waals surface area contributed by atoms with Crippen LogP contribution < -0.4 is 11.1 Å². The molecule has 0 atom stereocenters. The molecule has 1 fully saturated rings. The van der Waals surface area contributed by atoms with Crippen molar-refractivity contribution in [2.24, 2.45) is 11.7 Å². The predicted molar refractivity (Wildman–Crippen MR) is 123 cm³/mol. The van der Waals surface area contributed by atoms with Crippen molar-refractivity contribution in [3.8, 4) is 0 Å². The largest absolute Gasteiger partial charge is 0.346 e. The van der Waals surface area contributed by atoms with Gasteiger partial charge in [-0.2, -0.15) is 0 Å². The third-order valence-electron chi connectivity index (χ3n) is 5.84. The van der Waals surface area contributed by atoms with Gasteiger partial charge in [0, 0.05) is 30.2 Å². The molecule has 5 nitrogen and oxygen atoms in total. The van der Waals surface area contributed by atoms with Crippen LogP contribution in [0.1, 0.15) is 24.0 Å². The first-order valence-corrected chi connectivity index (χ1v) is 12.2. The standard InChI is InChI=1S/C24H29N3O2S/c25-16-20-9-7-19(8-10-20)4-3-15-30(28,29)24-18-27(17-21-11-13-26-14-12-21)23-6-2-1-5-22(23)24/h1-10,18,21,26H,11-17,25H2. The fraction of sp³-hybridized carbons (Fsp3) is 0.333. The lowest BCUT2D eigenvalue weighted by Gasteiger charge is -2.23. The highest BCUT2D eigenvalue weighted by Crippen LogP contribution is 2.28. The van der Waals surface area contributed by atoms with Crippen LogP contribution in [0.4, 0.5) is 0 Å². The van der Waals surface area contributed by atoms with Crippen molar-refractivity contribution >= 4 is 26.8 Å². The first-order valence-electron chi connectivity index (χ1n) is 10.5. The minimum absolute atomic E-state index is 0.0208. The van der Waals surface area contributed by atoms with Crippen molar-refractivity contribution in [1.29, 1.82) is 0 Å². The molecule has 4 rings (SSSR count). The van der Waals surface area contributed by atoms with Gasteiger partial charge in [-0.15, -0.1) is 0 Å². The second-order valence-electron chi connectivity index (χ2n) is 7.99. The molecule has 30 heavy (non-hydrogen) atoms. The molecule has 1 saturated heterocycles. The van der Waals surface area contributed by atoms with Gasteiger partial charge < -0.3 is 15.6 Å². The summed E-state index contributed by atoms with van der Waals surface area (Å²) < 4.78 is 28.4. The number of rotatable bonds is 7. The van der Waals surface area contributed by atoms with Gasteiger partial charge in [-0.1, -0.05) is 54.6 Å². The summed E-state index contributed by atoms with van der Waals surface area (Å²) in [4.78, 5) is 0.426. The summed E-state index contributed by atoms with van der Waals surface area (Å²) in [7, 11) is -3.43. The van der Waals surface area contributed by atoms with Crippen molar-refractivity contribution in [2.45, 2.75) is 30.8 Å². The molecule has 0 amide bonds. The second kappa shape index (κ2) is 9.16. The van der Waals surface area contributed by atoms with Crippen LogP contribution in [0.3, 0.4) is 0 Å². The molecular weight excluding hydrogens is 394 g/mol. The molecule has 0 spiro atoms. The maximum absolute atomic E-state index is 13.2. The molecule has 3 N–H and O–H groups in total. The Morgan fingerprint density at radius 2 is 1.80 bits per heavy atom. The van der Waals surface area contributed by atoms with Gasteiger partial charge in [0.05, 0.1) is 10.6 Å². The first-order chi connectivity index (χ1) is 14.6. The second-order valence-corrected chi connectivity index (χ2v) is 9.99. The number of nitrogens with zero attached hydrogens (tertiary/aromatic N) is 1. The molecular formula is C24H29N3O2S. The number of sulfone groups is 1. The van der Waals surface area contributed by atoms with Gasteiger partial charge in [-0.25, -0.2) is 8.42 Å². The fourth-order valence-corrected chi connectivity index (χ4v) is 5.44. The van der Waals surface area contributed by atoms with E-state index in [2.05, 4.69) is 9.88 Å². The average molecular weight is 424 g/mol. The normalized spacial score (nSPS) is 15.9. The van der Waals surface area contributed by atoms with Crippen molar-refractivity contribution < 1.29 is 8.42 Å². The number of benzene rings is 2. The van der Waals surface area contributed by atoms with Gasteiger partial charge in [0.2, 0.25) is 0 Å². The Hall–Kier alpha value is -2.41. The summed E-state index contributed by atoms with van der Waals surface area (Å²) >= 11 is 0. The molecule has 1 aliphatic heterocycles. The minimum Gasteiger partial charge on any atom is -0.346 e. The number of para-hydroxylation sites is 1. The maximum Gasteiger partial charge on any atom is 0.184 e. The van der Waals surface area contributed by atoms with E-state index in [0.29, 0.717) is 17.4 Å². The van der Waals surface area contributed by atoms with Gasteiger partial charge in [0.15, 0.2) is 9.84 Å². The molecule has 2 heterocycles. The Kier molecular flexibility index (Phi) is 6.37. The van der Waals surface area contributed by atoms with Crippen LogP contribution in [-0.2, 0) is 22.9 Å². The Bertz CT molecular complexity index is 1120. The molecule has 1 aromatic heterocycles. The zero-order valence-electron chi connectivity index (χ0n) is 17.1. The number of hydrogen-bond acceptors (Lipinski definition) is 4. The Morgan fingerprint density at radius 3 is 2.53 bits per heavy atom. The first kappa shape index (κ1) is 20.8. The molecule has 0 radical (unpaired) electrons. The van der Waals surface area contributed by atoms with Gasteiger partial charge in [0.1, 0.15) is 0 Å². The van der Waals surface area contributed by atoms with Crippen LogP contribution >= 0.6 is 0 Å². The maximum atomic E-state index is 13.2. The number of piperidine rings is 1. The lowest BCUT2D eigenvalue weighted by Crippen LogP contribution is -2.29. The predicted octanol–water partition coefficient (Wildman–Crippen LogP) is 3.59. The summed E-state index contributed by atoms with van der Waals surface area (Å²) in [6.45, 7) is 3.43. The minimum atomic E-state index is -3.43. The third-order valence-corrected chi connectivity index (χ3v) is 7.47. The quantitative estimate of drug-likeness (QED) is 0.609. The van der Waals surface area contributed by atoms with Gasteiger partial charge in [-0.3, -0.25) is 0 Å². The zero-order chi connectivity index (χ0) is 21.0. The van der Waals surface area contributed by atoms with E-state index in [1.165, 1.54) is 0 Å². The smallest absolute Gasteiger partial charge is 0.184 e. The van der Waals surface area contributed by atoms with E-state index >= 15 is 0 Å². The molecule has 158 valence electrons. The van der Waals surface area contributed by atoms with Crippen molar-refractivity contribution in [2.75, 3.05) is 18.8 Å². The highest BCUT2D eigenvalue weighted by molar-refractivity contribution is 7.91. The SMILES string of the molecule is NCc1ccc(C=CCS(=O)(=O)c2cn(CC3CCNCC3)c3ccccc23)cc1. The molecule has 0 bridgehead atoms. The molecule has 0 saturated carbocycles. The summed E-state index contributed by atoms with van der Waals surface area (Å²) in [6, 6.07) is 15.6. The monoisotopic (exact) mass is 423 g/mol. The lowest BCUT2D eigenvalue weighted by molar-refractivity contribution is 0.336. The highest BCUT2D eigenvalue weighted by Gasteiger charge is 2.22. The van der Waals surface area contributed by atoms with E-state index in [4.69, 9.17) is 5.73 Å². The highest BCUT2D eigenvalue weighted by atomic mass is 32.2. The van der Waals surface area contributed by atoms with E-state index < -0.39 is 9.84 Å². The van der Waals surface area contributed by atoms with Crippen LogP contribution in [-0.4, -0.2) is 31.8 Å². The van der Waals surface area contributed by atoms with Crippen molar-refractivity contribution in [1.82, 2.24) is 9.88 Å². The van der Waals surface area contributed by atoms with Crippen molar-refractivity contribution in [3.63, 3.8) is 0 Å². The molecule has 2 aromatic carbocycles. The van der Waals surface area contributed by atoms with E-state index in [-0.39, 0.29) is 5.75 Å². The number of nitrogens with two attached hydrogens (primary N) is 1. The molecule has 0 unspecified atom stereocenters. The van der Waals surface area contributed by atoms with Crippen LogP contribution in [0.25, 0.3) is 17.0 Å². The lowest BCUT2D eigenvalue weighted by atomic mass is 9.98. The Balaban J connectivity index is 1.56. The summed E-state index contributed by atoms with van der Waals surface area (Å²) in [5, 5.41) is 4.20. The number of hydrogen-bond donors (Lipinski definition) is 2. The summed E-state index contributed by atoms with van der Waals surface area (Å²) in [5.74, 6) is 0.557. The number of nitrogens with one attached hydrogen (secondary N) is 1. The molecule has 1 aliphatic rings. The fourth-order valence-electron chi connectivity index (χ4n) is 4.12. The van der Waals surface area contributed by atoms with Crippen LogP contribution in [0.5, 0.6) is 0 Å². The topological polar surface area (TPSA) is 77.1 Å². The van der Waals surface area contributed by atoms with E-state index in [0.717, 1.165) is 54.5 Å². The van der Waals surface area contributed by atoms with Crippen molar-refractivity contribution in [3.05, 3.63) is 71.9 Å². The average Bonchev–Trinajstić information content (AvgIpc) is 3.14. The van der Waals surface area contributed by atoms with Crippen LogP contribution in [0, 0.1) is 5.92 Å². The zero-order valence-corrected chi connectivity index (χ0v) is 17.9. The van der Waals surface area contributed by atoms with Crippen LogP contribution in [0.15, 0.2) is 65.7 Å². The summed E-state index contributed by atoms with van der Waals surface area (Å²) in [5.41, 5.74) is 8.65. The molecule has 6 heteroatoms.